The Morgan fingerprint density at radius 2 is 2.37 bits per heavy atom. The van der Waals surface area contributed by atoms with Gasteiger partial charge in [-0.2, -0.15) is 4.39 Å². The first-order valence-electron chi connectivity index (χ1n) is 5.39. The Balaban J connectivity index is 2.42. The van der Waals surface area contributed by atoms with Crippen LogP contribution in [0, 0.1) is 18.2 Å². The minimum Gasteiger partial charge on any atom is -0.392 e. The van der Waals surface area contributed by atoms with Crippen LogP contribution in [0.25, 0.3) is 0 Å². The molecule has 1 saturated heterocycles. The van der Waals surface area contributed by atoms with Crippen LogP contribution >= 0.6 is 0 Å². The van der Waals surface area contributed by atoms with Crippen LogP contribution in [-0.2, 0) is 4.74 Å². The molecule has 0 spiro atoms. The van der Waals surface area contributed by atoms with Crippen LogP contribution < -0.4 is 11.2 Å². The van der Waals surface area contributed by atoms with Crippen molar-refractivity contribution in [2.45, 2.75) is 24.4 Å². The number of aromatic nitrogens is 2. The lowest BCUT2D eigenvalue weighted by Crippen LogP contribution is -2.41. The molecule has 3 atom stereocenters. The van der Waals surface area contributed by atoms with Crippen molar-refractivity contribution in [3.63, 3.8) is 0 Å². The predicted molar refractivity (Wildman–Crippen MR) is 60.7 cm³/mol. The molecular formula is C11H11FN2O5. The first-order valence-corrected chi connectivity index (χ1v) is 5.39. The van der Waals surface area contributed by atoms with Gasteiger partial charge < -0.3 is 14.9 Å². The molecule has 1 aromatic rings. The second-order valence-corrected chi connectivity index (χ2v) is 4.16. The topological polar surface area (TPSA) is 105 Å². The number of hydrogen-bond donors (Lipinski definition) is 3. The van der Waals surface area contributed by atoms with Crippen molar-refractivity contribution < 1.29 is 19.3 Å². The van der Waals surface area contributed by atoms with Crippen molar-refractivity contribution in [1.82, 2.24) is 9.55 Å². The van der Waals surface area contributed by atoms with Gasteiger partial charge in [-0.1, -0.05) is 5.92 Å². The summed E-state index contributed by atoms with van der Waals surface area (Å²) in [6, 6.07) is 0. The average molecular weight is 270 g/mol. The van der Waals surface area contributed by atoms with Gasteiger partial charge in [-0.15, -0.1) is 6.42 Å². The molecule has 8 heteroatoms. The Morgan fingerprint density at radius 1 is 1.68 bits per heavy atom. The molecule has 7 nitrogen and oxygen atoms in total. The van der Waals surface area contributed by atoms with Crippen molar-refractivity contribution in [3.05, 3.63) is 32.9 Å². The summed E-state index contributed by atoms with van der Waals surface area (Å²) in [5.41, 5.74) is -3.68. The Kier molecular flexibility index (Phi) is 3.28. The third-order valence-corrected chi connectivity index (χ3v) is 3.02. The maximum Gasteiger partial charge on any atom is 0.330 e. The fourth-order valence-corrected chi connectivity index (χ4v) is 1.91. The monoisotopic (exact) mass is 270 g/mol. The molecule has 1 fully saturated rings. The second kappa shape index (κ2) is 4.62. The van der Waals surface area contributed by atoms with Gasteiger partial charge in [-0.3, -0.25) is 14.3 Å². The van der Waals surface area contributed by atoms with Gasteiger partial charge in [0.1, 0.15) is 12.3 Å². The van der Waals surface area contributed by atoms with Crippen molar-refractivity contribution in [3.8, 4) is 12.3 Å². The zero-order valence-electron chi connectivity index (χ0n) is 9.67. The predicted octanol–water partition coefficient (Wildman–Crippen LogP) is -1.68. The molecule has 0 bridgehead atoms. The number of nitrogens with zero attached hydrogens (tertiary/aromatic N) is 1. The van der Waals surface area contributed by atoms with Gasteiger partial charge in [0.2, 0.25) is 5.82 Å². The molecule has 2 heterocycles. The minimum atomic E-state index is -1.64. The number of H-pyrrole nitrogens is 1. The Bertz CT molecular complexity index is 646. The van der Waals surface area contributed by atoms with E-state index in [4.69, 9.17) is 11.2 Å². The van der Waals surface area contributed by atoms with Gasteiger partial charge in [-0.05, 0) is 0 Å². The summed E-state index contributed by atoms with van der Waals surface area (Å²) >= 11 is 0. The van der Waals surface area contributed by atoms with Gasteiger partial charge in [0, 0.05) is 6.42 Å². The summed E-state index contributed by atoms with van der Waals surface area (Å²) in [6.45, 7) is -0.651. The van der Waals surface area contributed by atoms with E-state index in [0.717, 1.165) is 4.57 Å². The number of nitrogens with one attached hydrogen (secondary N) is 1. The van der Waals surface area contributed by atoms with Gasteiger partial charge >= 0.3 is 5.69 Å². The molecule has 0 aromatic carbocycles. The summed E-state index contributed by atoms with van der Waals surface area (Å²) in [4.78, 5) is 24.2. The van der Waals surface area contributed by atoms with Gasteiger partial charge in [0.15, 0.2) is 5.60 Å². The summed E-state index contributed by atoms with van der Waals surface area (Å²) < 4.78 is 19.2. The van der Waals surface area contributed by atoms with E-state index in [-0.39, 0.29) is 6.42 Å². The SMILES string of the molecule is C#C[C@]1(CO)O[C@@H](n2cc(F)c(=O)[nH]c2=O)C[C@H]1O. The van der Waals surface area contributed by atoms with Crippen molar-refractivity contribution in [2.24, 2.45) is 0 Å². The largest absolute Gasteiger partial charge is 0.392 e. The highest BCUT2D eigenvalue weighted by Crippen LogP contribution is 2.35. The molecule has 0 radical (unpaired) electrons. The van der Waals surface area contributed by atoms with E-state index >= 15 is 0 Å². The highest BCUT2D eigenvalue weighted by molar-refractivity contribution is 5.16. The van der Waals surface area contributed by atoms with Gasteiger partial charge in [0.05, 0.1) is 12.8 Å². The fourth-order valence-electron chi connectivity index (χ4n) is 1.91. The Labute approximate surface area is 106 Å². The number of halogens is 1. The van der Waals surface area contributed by atoms with Gasteiger partial charge in [0.25, 0.3) is 5.56 Å². The third kappa shape index (κ3) is 2.08. The molecule has 1 aliphatic heterocycles. The zero-order valence-corrected chi connectivity index (χ0v) is 9.67. The number of rotatable bonds is 2. The van der Waals surface area contributed by atoms with Crippen LogP contribution in [0.3, 0.4) is 0 Å². The molecule has 0 unspecified atom stereocenters. The molecule has 2 rings (SSSR count). The van der Waals surface area contributed by atoms with Crippen molar-refractivity contribution in [1.29, 1.82) is 0 Å². The second-order valence-electron chi connectivity index (χ2n) is 4.16. The lowest BCUT2D eigenvalue weighted by molar-refractivity contribution is -0.0914. The van der Waals surface area contributed by atoms with E-state index in [0.29, 0.717) is 6.20 Å². The molecule has 1 aromatic heterocycles. The zero-order chi connectivity index (χ0) is 14.2. The highest BCUT2D eigenvalue weighted by atomic mass is 19.1. The normalized spacial score (nSPS) is 30.2. The van der Waals surface area contributed by atoms with Crippen LogP contribution in [0.4, 0.5) is 4.39 Å². The third-order valence-electron chi connectivity index (χ3n) is 3.02. The number of aromatic amines is 1. The van der Waals surface area contributed by atoms with Crippen molar-refractivity contribution in [2.75, 3.05) is 6.61 Å². The summed E-state index contributed by atoms with van der Waals surface area (Å²) in [7, 11) is 0. The lowest BCUT2D eigenvalue weighted by Gasteiger charge is -2.23. The van der Waals surface area contributed by atoms with Crippen LogP contribution in [0.5, 0.6) is 0 Å². The maximum atomic E-state index is 13.2. The molecule has 3 N–H and O–H groups in total. The summed E-state index contributed by atoms with van der Waals surface area (Å²) in [6.07, 6.45) is 3.46. The molecule has 0 amide bonds. The number of terminal acetylenes is 1. The fraction of sp³-hybridized carbons (Fsp3) is 0.455. The minimum absolute atomic E-state index is 0.115. The highest BCUT2D eigenvalue weighted by Gasteiger charge is 2.47. The van der Waals surface area contributed by atoms with E-state index in [1.807, 2.05) is 0 Å². The van der Waals surface area contributed by atoms with E-state index < -0.39 is 41.6 Å². The van der Waals surface area contributed by atoms with E-state index in [9.17, 15) is 24.2 Å². The first kappa shape index (κ1) is 13.5. The Hall–Kier alpha value is -1.95. The smallest absolute Gasteiger partial charge is 0.330 e. The number of aliphatic hydroxyl groups is 2. The number of hydrogen-bond acceptors (Lipinski definition) is 5. The van der Waals surface area contributed by atoms with Crippen LogP contribution in [0.2, 0.25) is 0 Å². The van der Waals surface area contributed by atoms with Crippen molar-refractivity contribution >= 4 is 0 Å². The number of aliphatic hydroxyl groups excluding tert-OH is 2. The number of ether oxygens (including phenoxy) is 1. The standard InChI is InChI=1S/C11H11FN2O5/c1-2-11(5-15)7(16)3-8(19-11)14-4-6(12)9(17)13-10(14)18/h1,4,7-8,15-16H,3,5H2,(H,13,17,18)/t7-,8-,11-/m1/s1. The summed E-state index contributed by atoms with van der Waals surface area (Å²) in [5, 5.41) is 19.0. The first-order chi connectivity index (χ1) is 8.93. The Morgan fingerprint density at radius 3 is 2.89 bits per heavy atom. The van der Waals surface area contributed by atoms with Crippen LogP contribution in [-0.4, -0.2) is 38.1 Å². The van der Waals surface area contributed by atoms with E-state index in [1.165, 1.54) is 0 Å². The summed E-state index contributed by atoms with van der Waals surface area (Å²) in [5.74, 6) is 0.952. The molecule has 19 heavy (non-hydrogen) atoms. The van der Waals surface area contributed by atoms with E-state index in [2.05, 4.69) is 5.92 Å². The van der Waals surface area contributed by atoms with Crippen LogP contribution in [0.15, 0.2) is 15.8 Å². The molecular weight excluding hydrogens is 259 g/mol. The van der Waals surface area contributed by atoms with Crippen LogP contribution in [0.1, 0.15) is 12.6 Å². The quantitative estimate of drug-likeness (QED) is 0.557. The molecule has 0 aliphatic carbocycles. The molecule has 1 aliphatic rings. The average Bonchev–Trinajstić information content (AvgIpc) is 2.71. The lowest BCUT2D eigenvalue weighted by atomic mass is 9.99. The molecule has 102 valence electrons. The molecule has 0 saturated carbocycles. The van der Waals surface area contributed by atoms with Gasteiger partial charge in [-0.25, -0.2) is 4.79 Å². The maximum absolute atomic E-state index is 13.2. The van der Waals surface area contributed by atoms with E-state index in [1.54, 1.807) is 4.98 Å².